The van der Waals surface area contributed by atoms with Gasteiger partial charge in [0.15, 0.2) is 0 Å². The number of pyridine rings is 1. The van der Waals surface area contributed by atoms with Gasteiger partial charge in [-0.15, -0.1) is 11.8 Å². The van der Waals surface area contributed by atoms with Crippen molar-refractivity contribution in [1.29, 1.82) is 0 Å². The van der Waals surface area contributed by atoms with Crippen molar-refractivity contribution < 1.29 is 4.79 Å². The number of carbonyl (C=O) groups excluding carboxylic acids is 1. The van der Waals surface area contributed by atoms with Crippen molar-refractivity contribution in [2.75, 3.05) is 5.75 Å². The van der Waals surface area contributed by atoms with Crippen molar-refractivity contribution in [2.24, 2.45) is 5.92 Å². The monoisotopic (exact) mass is 418 g/mol. The van der Waals surface area contributed by atoms with Crippen LogP contribution in [-0.4, -0.2) is 16.6 Å². The van der Waals surface area contributed by atoms with Crippen LogP contribution < -0.4 is 5.32 Å². The maximum atomic E-state index is 13.1. The van der Waals surface area contributed by atoms with E-state index >= 15 is 0 Å². The topological polar surface area (TPSA) is 42.0 Å². The highest BCUT2D eigenvalue weighted by Crippen LogP contribution is 2.29. The van der Waals surface area contributed by atoms with E-state index in [0.717, 1.165) is 33.0 Å². The Morgan fingerprint density at radius 1 is 0.967 bits per heavy atom. The Morgan fingerprint density at radius 2 is 1.70 bits per heavy atom. The Labute approximate surface area is 184 Å². The lowest BCUT2D eigenvalue weighted by molar-refractivity contribution is 0.0939. The number of amides is 1. The number of thioether (sulfide) groups is 1. The lowest BCUT2D eigenvalue weighted by atomic mass is 10.0. The van der Waals surface area contributed by atoms with E-state index in [1.165, 1.54) is 5.56 Å². The van der Waals surface area contributed by atoms with Crippen molar-refractivity contribution >= 4 is 17.7 Å². The molecule has 3 aromatic rings. The molecule has 4 heteroatoms. The highest BCUT2D eigenvalue weighted by atomic mass is 32.2. The van der Waals surface area contributed by atoms with Crippen molar-refractivity contribution in [2.45, 2.75) is 45.6 Å². The van der Waals surface area contributed by atoms with Gasteiger partial charge in [-0.25, -0.2) is 0 Å². The minimum atomic E-state index is -0.111. The van der Waals surface area contributed by atoms with Gasteiger partial charge in [0.2, 0.25) is 0 Å². The molecule has 0 unspecified atom stereocenters. The lowest BCUT2D eigenvalue weighted by Crippen LogP contribution is -2.26. The van der Waals surface area contributed by atoms with Gasteiger partial charge in [-0.2, -0.15) is 0 Å². The Morgan fingerprint density at radius 3 is 2.33 bits per heavy atom. The molecule has 2 aromatic carbocycles. The summed E-state index contributed by atoms with van der Waals surface area (Å²) in [6.07, 6.45) is 1.83. The number of hydrogen-bond acceptors (Lipinski definition) is 3. The van der Waals surface area contributed by atoms with Gasteiger partial charge in [0.25, 0.3) is 5.91 Å². The summed E-state index contributed by atoms with van der Waals surface area (Å²) in [5, 5.41) is 3.12. The number of nitrogens with zero attached hydrogens (tertiary/aromatic N) is 1. The highest BCUT2D eigenvalue weighted by Gasteiger charge is 2.14. The normalized spacial score (nSPS) is 12.1. The fourth-order valence-corrected chi connectivity index (χ4v) is 4.03. The molecule has 1 aromatic heterocycles. The average molecular weight is 419 g/mol. The predicted octanol–water partition coefficient (Wildman–Crippen LogP) is 6.60. The Bertz CT molecular complexity index is 995. The number of carbonyl (C=O) groups is 1. The third-order valence-electron chi connectivity index (χ3n) is 4.92. The molecule has 0 fully saturated rings. The molecule has 0 spiro atoms. The first kappa shape index (κ1) is 22.1. The summed E-state index contributed by atoms with van der Waals surface area (Å²) >= 11 is 1.80. The first-order valence-electron chi connectivity index (χ1n) is 10.4. The minimum Gasteiger partial charge on any atom is -0.345 e. The van der Waals surface area contributed by atoms with Gasteiger partial charge in [-0.3, -0.25) is 9.78 Å². The Balaban J connectivity index is 1.88. The second-order valence-electron chi connectivity index (χ2n) is 8.25. The van der Waals surface area contributed by atoms with Crippen molar-refractivity contribution in [3.8, 4) is 11.1 Å². The minimum absolute atomic E-state index is 0.0663. The molecular formula is C26H30N2OS. The second-order valence-corrected chi connectivity index (χ2v) is 9.34. The van der Waals surface area contributed by atoms with Crippen LogP contribution in [0.4, 0.5) is 0 Å². The summed E-state index contributed by atoms with van der Waals surface area (Å²) < 4.78 is 0. The highest BCUT2D eigenvalue weighted by molar-refractivity contribution is 7.99. The summed E-state index contributed by atoms with van der Waals surface area (Å²) in [6, 6.07) is 18.5. The van der Waals surface area contributed by atoms with E-state index < -0.39 is 0 Å². The van der Waals surface area contributed by atoms with Crippen molar-refractivity contribution in [3.05, 3.63) is 83.2 Å². The van der Waals surface area contributed by atoms with E-state index in [1.54, 1.807) is 11.8 Å². The fraction of sp³-hybridized carbons (Fsp3) is 0.308. The van der Waals surface area contributed by atoms with E-state index in [9.17, 15) is 4.79 Å². The number of hydrogen-bond donors (Lipinski definition) is 1. The molecule has 0 bridgehead atoms. The van der Waals surface area contributed by atoms with Crippen LogP contribution in [-0.2, 0) is 0 Å². The van der Waals surface area contributed by atoms with Crippen molar-refractivity contribution in [3.63, 3.8) is 0 Å². The molecule has 0 radical (unpaired) electrons. The molecule has 1 N–H and O–H groups in total. The summed E-state index contributed by atoms with van der Waals surface area (Å²) in [6.45, 7) is 10.4. The quantitative estimate of drug-likeness (QED) is 0.439. The number of rotatable bonds is 7. The molecule has 0 aliphatic heterocycles. The SMILES string of the molecule is Cc1ccc(-c2cc(SCC(C)C)cc(C(=O)N[C@H](C)c3ccc(C)nc3)c2)cc1. The second kappa shape index (κ2) is 9.94. The zero-order valence-electron chi connectivity index (χ0n) is 18.4. The third-order valence-corrected chi connectivity index (χ3v) is 6.32. The van der Waals surface area contributed by atoms with Gasteiger partial charge >= 0.3 is 0 Å². The van der Waals surface area contributed by atoms with E-state index in [0.29, 0.717) is 11.5 Å². The van der Waals surface area contributed by atoms with Gasteiger partial charge in [-0.1, -0.05) is 49.7 Å². The van der Waals surface area contributed by atoms with Gasteiger partial charge in [0, 0.05) is 28.1 Å². The molecule has 3 nitrogen and oxygen atoms in total. The maximum Gasteiger partial charge on any atom is 0.251 e. The third kappa shape index (κ3) is 5.96. The molecule has 156 valence electrons. The van der Waals surface area contributed by atoms with E-state index in [1.807, 2.05) is 44.3 Å². The van der Waals surface area contributed by atoms with E-state index in [4.69, 9.17) is 0 Å². The van der Waals surface area contributed by atoms with Crippen LogP contribution in [0, 0.1) is 19.8 Å². The first-order valence-corrected chi connectivity index (χ1v) is 11.4. The first-order chi connectivity index (χ1) is 14.3. The molecule has 1 amide bonds. The maximum absolute atomic E-state index is 13.1. The summed E-state index contributed by atoms with van der Waals surface area (Å²) in [4.78, 5) is 18.5. The molecule has 0 aliphatic rings. The Hall–Kier alpha value is -2.59. The summed E-state index contributed by atoms with van der Waals surface area (Å²) in [5.41, 5.74) is 6.07. The molecule has 30 heavy (non-hydrogen) atoms. The molecular weight excluding hydrogens is 388 g/mol. The zero-order valence-corrected chi connectivity index (χ0v) is 19.2. The van der Waals surface area contributed by atoms with Crippen LogP contribution in [0.25, 0.3) is 11.1 Å². The smallest absolute Gasteiger partial charge is 0.251 e. The van der Waals surface area contributed by atoms with Gasteiger partial charge in [0.1, 0.15) is 0 Å². The lowest BCUT2D eigenvalue weighted by Gasteiger charge is -2.16. The van der Waals surface area contributed by atoms with E-state index in [-0.39, 0.29) is 11.9 Å². The predicted molar refractivity (Wildman–Crippen MR) is 127 cm³/mol. The number of benzene rings is 2. The fourth-order valence-electron chi connectivity index (χ4n) is 3.09. The van der Waals surface area contributed by atoms with E-state index in [2.05, 4.69) is 61.4 Å². The zero-order chi connectivity index (χ0) is 21.7. The van der Waals surface area contributed by atoms with Crippen LogP contribution in [0.5, 0.6) is 0 Å². The van der Waals surface area contributed by atoms with Crippen LogP contribution in [0.15, 0.2) is 65.7 Å². The standard InChI is InChI=1S/C26H30N2OS/c1-17(2)16-30-25-13-23(21-9-6-18(3)7-10-21)12-24(14-25)26(29)28-20(5)22-11-8-19(4)27-15-22/h6-15,17,20H,16H2,1-5H3,(H,28,29)/t20-/m1/s1. The molecule has 0 aliphatic carbocycles. The van der Waals surface area contributed by atoms with Crippen molar-refractivity contribution in [1.82, 2.24) is 10.3 Å². The van der Waals surface area contributed by atoms with Crippen LogP contribution in [0.3, 0.4) is 0 Å². The van der Waals surface area contributed by atoms with Crippen LogP contribution in [0.1, 0.15) is 54.0 Å². The molecule has 1 atom stereocenters. The Kier molecular flexibility index (Phi) is 7.33. The number of aryl methyl sites for hydroxylation is 2. The molecule has 0 saturated heterocycles. The summed E-state index contributed by atoms with van der Waals surface area (Å²) in [5.74, 6) is 1.54. The number of nitrogens with one attached hydrogen (secondary N) is 1. The average Bonchev–Trinajstić information content (AvgIpc) is 2.73. The largest absolute Gasteiger partial charge is 0.345 e. The summed E-state index contributed by atoms with van der Waals surface area (Å²) in [7, 11) is 0. The van der Waals surface area contributed by atoms with Crippen LogP contribution >= 0.6 is 11.8 Å². The molecule has 0 saturated carbocycles. The number of aromatic nitrogens is 1. The van der Waals surface area contributed by atoms with Gasteiger partial charge in [-0.05, 0) is 67.6 Å². The van der Waals surface area contributed by atoms with Gasteiger partial charge in [0.05, 0.1) is 6.04 Å². The molecule has 3 rings (SSSR count). The molecule has 1 heterocycles. The van der Waals surface area contributed by atoms with Gasteiger partial charge < -0.3 is 5.32 Å². The van der Waals surface area contributed by atoms with Crippen LogP contribution in [0.2, 0.25) is 0 Å².